The largest absolute Gasteiger partial charge is 0.497 e. The second kappa shape index (κ2) is 5.10. The quantitative estimate of drug-likeness (QED) is 0.928. The highest BCUT2D eigenvalue weighted by atomic mass is 79.9. The van der Waals surface area contributed by atoms with Crippen molar-refractivity contribution < 1.29 is 4.74 Å². The molecule has 0 saturated carbocycles. The molecular weight excluding hydrogens is 292 g/mol. The van der Waals surface area contributed by atoms with E-state index in [1.165, 1.54) is 32.4 Å². The molecule has 0 amide bonds. The van der Waals surface area contributed by atoms with Gasteiger partial charge in [0.15, 0.2) is 0 Å². The van der Waals surface area contributed by atoms with Gasteiger partial charge in [-0.1, -0.05) is 0 Å². The van der Waals surface area contributed by atoms with Gasteiger partial charge in [-0.05, 0) is 53.9 Å². The van der Waals surface area contributed by atoms with Gasteiger partial charge in [0.25, 0.3) is 0 Å². The number of nitrogens with one attached hydrogen (secondary N) is 1. The van der Waals surface area contributed by atoms with E-state index in [-0.39, 0.29) is 0 Å². The van der Waals surface area contributed by atoms with Gasteiger partial charge >= 0.3 is 0 Å². The van der Waals surface area contributed by atoms with E-state index >= 15 is 0 Å². The number of fused-ring (bicyclic) bond motifs is 1. The highest BCUT2D eigenvalue weighted by Gasteiger charge is 2.37. The van der Waals surface area contributed by atoms with Crippen LogP contribution < -0.4 is 10.1 Å². The lowest BCUT2D eigenvalue weighted by Gasteiger charge is -2.23. The van der Waals surface area contributed by atoms with E-state index in [0.717, 1.165) is 22.0 Å². The van der Waals surface area contributed by atoms with Gasteiger partial charge in [0.2, 0.25) is 0 Å². The molecule has 2 saturated heterocycles. The lowest BCUT2D eigenvalue weighted by atomic mass is 10.1. The van der Waals surface area contributed by atoms with Gasteiger partial charge in [-0.3, -0.25) is 4.90 Å². The second-order valence-electron chi connectivity index (χ2n) is 5.13. The Morgan fingerprint density at radius 2 is 2.22 bits per heavy atom. The number of nitrogens with zero attached hydrogens (tertiary/aromatic N) is 1. The lowest BCUT2D eigenvalue weighted by molar-refractivity contribution is 0.318. The van der Waals surface area contributed by atoms with E-state index in [9.17, 15) is 0 Å². The summed E-state index contributed by atoms with van der Waals surface area (Å²) < 4.78 is 6.40. The van der Waals surface area contributed by atoms with Crippen molar-refractivity contribution >= 4 is 21.6 Å². The molecule has 3 nitrogen and oxygen atoms in total. The molecule has 0 aromatic heterocycles. The average molecular weight is 311 g/mol. The van der Waals surface area contributed by atoms with E-state index in [1.54, 1.807) is 7.11 Å². The lowest BCUT2D eigenvalue weighted by Crippen LogP contribution is -2.33. The SMILES string of the molecule is COc1ccc(Br)c(NC2CCN3CCCC23)c1. The van der Waals surface area contributed by atoms with Gasteiger partial charge in [0, 0.05) is 29.2 Å². The predicted molar refractivity (Wildman–Crippen MR) is 77.3 cm³/mol. The van der Waals surface area contributed by atoms with Crippen molar-refractivity contribution in [2.45, 2.75) is 31.3 Å². The smallest absolute Gasteiger partial charge is 0.121 e. The Kier molecular flexibility index (Phi) is 3.48. The van der Waals surface area contributed by atoms with Gasteiger partial charge in [-0.2, -0.15) is 0 Å². The Bertz CT molecular complexity index is 438. The van der Waals surface area contributed by atoms with Crippen LogP contribution in [-0.4, -0.2) is 37.2 Å². The van der Waals surface area contributed by atoms with Crippen molar-refractivity contribution in [2.75, 3.05) is 25.5 Å². The van der Waals surface area contributed by atoms with Crippen LogP contribution in [0.15, 0.2) is 22.7 Å². The Hall–Kier alpha value is -0.740. The van der Waals surface area contributed by atoms with Crippen molar-refractivity contribution in [3.63, 3.8) is 0 Å². The molecule has 0 radical (unpaired) electrons. The fraction of sp³-hybridized carbons (Fsp3) is 0.571. The molecule has 4 heteroatoms. The molecule has 0 spiro atoms. The topological polar surface area (TPSA) is 24.5 Å². The van der Waals surface area contributed by atoms with Gasteiger partial charge < -0.3 is 10.1 Å². The van der Waals surface area contributed by atoms with Gasteiger partial charge in [-0.25, -0.2) is 0 Å². The van der Waals surface area contributed by atoms with E-state index < -0.39 is 0 Å². The number of rotatable bonds is 3. The van der Waals surface area contributed by atoms with Crippen LogP contribution in [0.25, 0.3) is 0 Å². The van der Waals surface area contributed by atoms with Crippen LogP contribution in [0.4, 0.5) is 5.69 Å². The maximum atomic E-state index is 5.29. The first-order chi connectivity index (χ1) is 8.78. The number of hydrogen-bond acceptors (Lipinski definition) is 3. The molecule has 2 unspecified atom stereocenters. The van der Waals surface area contributed by atoms with Crippen LogP contribution in [-0.2, 0) is 0 Å². The number of ether oxygens (including phenoxy) is 1. The van der Waals surface area contributed by atoms with Gasteiger partial charge in [-0.15, -0.1) is 0 Å². The molecule has 1 aromatic carbocycles. The Morgan fingerprint density at radius 1 is 1.33 bits per heavy atom. The molecule has 2 aliphatic rings. The minimum atomic E-state index is 0.580. The zero-order chi connectivity index (χ0) is 12.5. The van der Waals surface area contributed by atoms with Crippen LogP contribution >= 0.6 is 15.9 Å². The fourth-order valence-electron chi connectivity index (χ4n) is 3.19. The van der Waals surface area contributed by atoms with Crippen LogP contribution in [0.2, 0.25) is 0 Å². The summed E-state index contributed by atoms with van der Waals surface area (Å²) in [4.78, 5) is 2.62. The molecule has 98 valence electrons. The maximum Gasteiger partial charge on any atom is 0.121 e. The highest BCUT2D eigenvalue weighted by Crippen LogP contribution is 2.33. The highest BCUT2D eigenvalue weighted by molar-refractivity contribution is 9.10. The monoisotopic (exact) mass is 310 g/mol. The maximum absolute atomic E-state index is 5.29. The van der Waals surface area contributed by atoms with Crippen LogP contribution in [0.3, 0.4) is 0 Å². The molecular formula is C14H19BrN2O. The number of methoxy groups -OCH3 is 1. The van der Waals surface area contributed by atoms with Crippen molar-refractivity contribution in [3.8, 4) is 5.75 Å². The van der Waals surface area contributed by atoms with Crippen LogP contribution in [0.1, 0.15) is 19.3 Å². The first kappa shape index (κ1) is 12.3. The van der Waals surface area contributed by atoms with E-state index in [1.807, 2.05) is 12.1 Å². The third kappa shape index (κ3) is 2.24. The molecule has 18 heavy (non-hydrogen) atoms. The number of hydrogen-bond donors (Lipinski definition) is 1. The molecule has 1 aromatic rings. The van der Waals surface area contributed by atoms with E-state index in [2.05, 4.69) is 32.2 Å². The standard InChI is InChI=1S/C14H19BrN2O/c1-18-10-4-5-11(15)13(9-10)16-12-6-8-17-7-2-3-14(12)17/h4-5,9,12,14,16H,2-3,6-8H2,1H3. The fourth-order valence-corrected chi connectivity index (χ4v) is 3.55. The summed E-state index contributed by atoms with van der Waals surface area (Å²) in [5.41, 5.74) is 1.15. The van der Waals surface area contributed by atoms with E-state index in [0.29, 0.717) is 6.04 Å². The average Bonchev–Trinajstić information content (AvgIpc) is 2.96. The summed E-state index contributed by atoms with van der Waals surface area (Å²) in [5.74, 6) is 0.905. The Morgan fingerprint density at radius 3 is 3.06 bits per heavy atom. The van der Waals surface area contributed by atoms with Crippen LogP contribution in [0, 0.1) is 0 Å². The first-order valence-corrected chi connectivity index (χ1v) is 7.41. The summed E-state index contributed by atoms with van der Waals surface area (Å²) >= 11 is 3.61. The van der Waals surface area contributed by atoms with Gasteiger partial charge in [0.1, 0.15) is 5.75 Å². The number of anilines is 1. The summed E-state index contributed by atoms with van der Waals surface area (Å²) in [6.07, 6.45) is 3.93. The zero-order valence-electron chi connectivity index (χ0n) is 10.7. The Labute approximate surface area is 117 Å². The van der Waals surface area contributed by atoms with Crippen LogP contribution in [0.5, 0.6) is 5.75 Å². The molecule has 2 heterocycles. The van der Waals surface area contributed by atoms with Crippen molar-refractivity contribution in [3.05, 3.63) is 22.7 Å². The molecule has 3 rings (SSSR count). The first-order valence-electron chi connectivity index (χ1n) is 6.62. The van der Waals surface area contributed by atoms with Crippen molar-refractivity contribution in [1.29, 1.82) is 0 Å². The second-order valence-corrected chi connectivity index (χ2v) is 5.99. The third-order valence-corrected chi connectivity index (χ3v) is 4.81. The third-order valence-electron chi connectivity index (χ3n) is 4.12. The molecule has 2 aliphatic heterocycles. The van der Waals surface area contributed by atoms with Crippen molar-refractivity contribution in [2.24, 2.45) is 0 Å². The predicted octanol–water partition coefficient (Wildman–Crippen LogP) is 3.11. The molecule has 2 fully saturated rings. The number of benzene rings is 1. The molecule has 1 N–H and O–H groups in total. The molecule has 0 bridgehead atoms. The zero-order valence-corrected chi connectivity index (χ0v) is 12.2. The summed E-state index contributed by atoms with van der Waals surface area (Å²) in [6, 6.07) is 7.40. The number of halogens is 1. The normalized spacial score (nSPS) is 27.2. The summed E-state index contributed by atoms with van der Waals surface area (Å²) in [5, 5.41) is 3.69. The minimum Gasteiger partial charge on any atom is -0.497 e. The van der Waals surface area contributed by atoms with E-state index in [4.69, 9.17) is 4.74 Å². The van der Waals surface area contributed by atoms with Gasteiger partial charge in [0.05, 0.1) is 12.8 Å². The summed E-state index contributed by atoms with van der Waals surface area (Å²) in [7, 11) is 1.71. The Balaban J connectivity index is 1.76. The minimum absolute atomic E-state index is 0.580. The molecule has 2 atom stereocenters. The summed E-state index contributed by atoms with van der Waals surface area (Å²) in [6.45, 7) is 2.52. The van der Waals surface area contributed by atoms with Crippen molar-refractivity contribution in [1.82, 2.24) is 4.90 Å². The molecule has 0 aliphatic carbocycles.